The lowest BCUT2D eigenvalue weighted by molar-refractivity contribution is 0.340. The smallest absolute Gasteiger partial charge is 0.119 e. The summed E-state index contributed by atoms with van der Waals surface area (Å²) in [5, 5.41) is 0.494. The maximum absolute atomic E-state index is 6.53. The normalized spacial score (nSPS) is 12.2. The van der Waals surface area contributed by atoms with E-state index in [9.17, 15) is 0 Å². The lowest BCUT2D eigenvalue weighted by Crippen LogP contribution is -1.97. The molecule has 0 aliphatic rings. The van der Waals surface area contributed by atoms with Crippen LogP contribution < -0.4 is 4.74 Å². The number of rotatable bonds is 4. The van der Waals surface area contributed by atoms with Gasteiger partial charge in [-0.2, -0.15) is 0 Å². The molecule has 19 heavy (non-hydrogen) atoms. The van der Waals surface area contributed by atoms with Crippen molar-refractivity contribution in [3.8, 4) is 5.75 Å². The van der Waals surface area contributed by atoms with Crippen LogP contribution in [-0.2, 0) is 0 Å². The van der Waals surface area contributed by atoms with Crippen LogP contribution in [0.25, 0.3) is 0 Å². The van der Waals surface area contributed by atoms with Gasteiger partial charge in [0, 0.05) is 8.59 Å². The summed E-state index contributed by atoms with van der Waals surface area (Å²) in [6.45, 7) is 2.63. The lowest BCUT2D eigenvalue weighted by Gasteiger charge is -2.13. The van der Waals surface area contributed by atoms with Crippen LogP contribution >= 0.6 is 45.8 Å². The molecule has 0 heterocycles. The minimum absolute atomic E-state index is 0.207. The van der Waals surface area contributed by atoms with Crippen LogP contribution in [-0.4, -0.2) is 6.61 Å². The molecule has 0 amide bonds. The van der Waals surface area contributed by atoms with Gasteiger partial charge in [-0.15, -0.1) is 11.6 Å². The Bertz CT molecular complexity index is 555. The Morgan fingerprint density at radius 2 is 1.84 bits per heavy atom. The number of alkyl halides is 1. The Morgan fingerprint density at radius 1 is 1.16 bits per heavy atom. The third-order valence-corrected chi connectivity index (χ3v) is 4.42. The predicted molar refractivity (Wildman–Crippen MR) is 89.5 cm³/mol. The molecule has 0 bridgehead atoms. The second kappa shape index (κ2) is 6.82. The largest absolute Gasteiger partial charge is 0.494 e. The van der Waals surface area contributed by atoms with E-state index in [2.05, 4.69) is 22.6 Å². The monoisotopic (exact) mass is 406 g/mol. The molecule has 0 radical (unpaired) electrons. The van der Waals surface area contributed by atoms with E-state index < -0.39 is 0 Å². The minimum atomic E-state index is -0.207. The molecule has 4 heteroatoms. The van der Waals surface area contributed by atoms with Crippen LogP contribution in [0.3, 0.4) is 0 Å². The van der Waals surface area contributed by atoms with Gasteiger partial charge in [0.25, 0.3) is 0 Å². The molecule has 2 aromatic carbocycles. The topological polar surface area (TPSA) is 9.23 Å². The Kier molecular flexibility index (Phi) is 5.37. The van der Waals surface area contributed by atoms with E-state index >= 15 is 0 Å². The summed E-state index contributed by atoms with van der Waals surface area (Å²) in [4.78, 5) is 0. The molecule has 0 aromatic heterocycles. The Labute approximate surface area is 137 Å². The van der Waals surface area contributed by atoms with E-state index in [1.165, 1.54) is 0 Å². The van der Waals surface area contributed by atoms with Gasteiger partial charge in [0.2, 0.25) is 0 Å². The van der Waals surface area contributed by atoms with E-state index in [0.29, 0.717) is 11.6 Å². The van der Waals surface area contributed by atoms with Crippen molar-refractivity contribution in [1.29, 1.82) is 0 Å². The Morgan fingerprint density at radius 3 is 2.47 bits per heavy atom. The summed E-state index contributed by atoms with van der Waals surface area (Å²) in [5.74, 6) is 0.857. The van der Waals surface area contributed by atoms with Crippen molar-refractivity contribution in [3.05, 3.63) is 62.2 Å². The summed E-state index contributed by atoms with van der Waals surface area (Å²) in [6.07, 6.45) is 0. The van der Waals surface area contributed by atoms with Crippen molar-refractivity contribution in [2.75, 3.05) is 6.61 Å². The zero-order valence-electron chi connectivity index (χ0n) is 10.4. The zero-order chi connectivity index (χ0) is 13.8. The number of hydrogen-bond acceptors (Lipinski definition) is 1. The van der Waals surface area contributed by atoms with Crippen molar-refractivity contribution >= 4 is 45.8 Å². The first-order valence-corrected chi connectivity index (χ1v) is 7.83. The van der Waals surface area contributed by atoms with Crippen LogP contribution in [0.2, 0.25) is 5.02 Å². The van der Waals surface area contributed by atoms with E-state index in [-0.39, 0.29) is 5.38 Å². The molecule has 0 N–H and O–H groups in total. The van der Waals surface area contributed by atoms with Gasteiger partial charge in [-0.3, -0.25) is 0 Å². The molecule has 0 aliphatic carbocycles. The Balaban J connectivity index is 2.27. The average molecular weight is 407 g/mol. The van der Waals surface area contributed by atoms with Gasteiger partial charge in [-0.1, -0.05) is 23.7 Å². The fourth-order valence-electron chi connectivity index (χ4n) is 1.79. The van der Waals surface area contributed by atoms with E-state index in [4.69, 9.17) is 27.9 Å². The van der Waals surface area contributed by atoms with Crippen LogP contribution in [0.4, 0.5) is 0 Å². The molecule has 1 unspecified atom stereocenters. The molecule has 1 nitrogen and oxygen atoms in total. The van der Waals surface area contributed by atoms with Crippen LogP contribution in [0.5, 0.6) is 5.75 Å². The van der Waals surface area contributed by atoms with Gasteiger partial charge in [0.1, 0.15) is 5.75 Å². The number of halogens is 3. The zero-order valence-corrected chi connectivity index (χ0v) is 14.0. The third-order valence-electron chi connectivity index (χ3n) is 2.71. The SMILES string of the molecule is CCOc1ccc(C(Cl)c2cc(Cl)ccc2I)cc1. The summed E-state index contributed by atoms with van der Waals surface area (Å²) in [6, 6.07) is 13.6. The van der Waals surface area contributed by atoms with Crippen LogP contribution in [0.15, 0.2) is 42.5 Å². The van der Waals surface area contributed by atoms with Gasteiger partial charge in [0.15, 0.2) is 0 Å². The number of ether oxygens (including phenoxy) is 1. The maximum Gasteiger partial charge on any atom is 0.119 e. The van der Waals surface area contributed by atoms with Gasteiger partial charge in [-0.25, -0.2) is 0 Å². The highest BCUT2D eigenvalue weighted by molar-refractivity contribution is 14.1. The summed E-state index contributed by atoms with van der Waals surface area (Å²) in [7, 11) is 0. The molecular formula is C15H13Cl2IO. The summed E-state index contributed by atoms with van der Waals surface area (Å²) < 4.78 is 6.53. The first-order chi connectivity index (χ1) is 9.11. The highest BCUT2D eigenvalue weighted by Gasteiger charge is 2.14. The van der Waals surface area contributed by atoms with Crippen LogP contribution in [0, 0.1) is 3.57 Å². The van der Waals surface area contributed by atoms with E-state index in [0.717, 1.165) is 20.4 Å². The van der Waals surface area contributed by atoms with Gasteiger partial charge in [0.05, 0.1) is 12.0 Å². The molecular weight excluding hydrogens is 394 g/mol. The molecule has 0 aliphatic heterocycles. The number of hydrogen-bond donors (Lipinski definition) is 0. The van der Waals surface area contributed by atoms with E-state index in [1.54, 1.807) is 0 Å². The summed E-state index contributed by atoms with van der Waals surface area (Å²) in [5.41, 5.74) is 2.06. The third kappa shape index (κ3) is 3.77. The predicted octanol–water partition coefficient (Wildman–Crippen LogP) is 5.67. The van der Waals surface area contributed by atoms with Crippen molar-refractivity contribution < 1.29 is 4.74 Å². The number of benzene rings is 2. The van der Waals surface area contributed by atoms with Gasteiger partial charge >= 0.3 is 0 Å². The fraction of sp³-hybridized carbons (Fsp3) is 0.200. The summed E-state index contributed by atoms with van der Waals surface area (Å²) >= 11 is 14.8. The second-order valence-electron chi connectivity index (χ2n) is 4.03. The maximum atomic E-state index is 6.53. The van der Waals surface area contributed by atoms with Crippen molar-refractivity contribution in [2.45, 2.75) is 12.3 Å². The van der Waals surface area contributed by atoms with Crippen molar-refractivity contribution in [3.63, 3.8) is 0 Å². The molecule has 0 fully saturated rings. The molecule has 2 aromatic rings. The molecule has 0 saturated heterocycles. The molecule has 2 rings (SSSR count). The lowest BCUT2D eigenvalue weighted by atomic mass is 10.0. The minimum Gasteiger partial charge on any atom is -0.494 e. The highest BCUT2D eigenvalue weighted by atomic mass is 127. The molecule has 100 valence electrons. The quantitative estimate of drug-likeness (QED) is 0.469. The van der Waals surface area contributed by atoms with E-state index in [1.807, 2.05) is 49.4 Å². The first kappa shape index (κ1) is 14.9. The average Bonchev–Trinajstić information content (AvgIpc) is 2.42. The van der Waals surface area contributed by atoms with Crippen molar-refractivity contribution in [1.82, 2.24) is 0 Å². The van der Waals surface area contributed by atoms with Gasteiger partial charge < -0.3 is 4.74 Å². The standard InChI is InChI=1S/C15H13Cl2IO/c1-2-19-12-6-3-10(4-7-12)15(17)13-9-11(16)5-8-14(13)18/h3-9,15H,2H2,1H3. The highest BCUT2D eigenvalue weighted by Crippen LogP contribution is 2.34. The molecule has 0 spiro atoms. The Hall–Kier alpha value is -0.450. The molecule has 1 atom stereocenters. The second-order valence-corrected chi connectivity index (χ2v) is 6.07. The van der Waals surface area contributed by atoms with Gasteiger partial charge in [-0.05, 0) is 71.0 Å². The van der Waals surface area contributed by atoms with Crippen molar-refractivity contribution in [2.24, 2.45) is 0 Å². The fourth-order valence-corrected chi connectivity index (χ4v) is 3.13. The molecule has 0 saturated carbocycles. The first-order valence-electron chi connectivity index (χ1n) is 5.93. The van der Waals surface area contributed by atoms with Crippen LogP contribution in [0.1, 0.15) is 23.4 Å².